The number of halogens is 1. The number of methoxy groups -OCH3 is 1. The quantitative estimate of drug-likeness (QED) is 0.236. The van der Waals surface area contributed by atoms with Crippen molar-refractivity contribution in [2.75, 3.05) is 7.11 Å². The summed E-state index contributed by atoms with van der Waals surface area (Å²) < 4.78 is 4.81. The van der Waals surface area contributed by atoms with Gasteiger partial charge in [-0.25, -0.2) is 14.6 Å². The molecule has 1 atom stereocenters. The number of carbonyl (C=O) groups is 1. The highest BCUT2D eigenvalue weighted by molar-refractivity contribution is 6.30. The Kier molecular flexibility index (Phi) is 7.60. The highest BCUT2D eigenvalue weighted by Crippen LogP contribution is 2.37. The number of hydrogen-bond acceptors (Lipinski definition) is 4. The van der Waals surface area contributed by atoms with Gasteiger partial charge in [-0.1, -0.05) is 74.5 Å². The maximum absolute atomic E-state index is 12.1. The van der Waals surface area contributed by atoms with E-state index in [0.717, 1.165) is 5.56 Å². The second kappa shape index (κ2) is 9.70. The number of esters is 1. The number of ether oxygens (including phenoxy) is 1. The molecule has 0 aromatic heterocycles. The van der Waals surface area contributed by atoms with Gasteiger partial charge >= 0.3 is 5.97 Å². The summed E-state index contributed by atoms with van der Waals surface area (Å²) in [5, 5.41) is 0.527. The van der Waals surface area contributed by atoms with Gasteiger partial charge in [0.15, 0.2) is 0 Å². The molecule has 4 nitrogen and oxygen atoms in total. The Morgan fingerprint density at radius 1 is 1.11 bits per heavy atom. The molecular formula is C22H25ClO4. The Bertz CT molecular complexity index is 769. The highest BCUT2D eigenvalue weighted by Gasteiger charge is 2.34. The van der Waals surface area contributed by atoms with Crippen molar-refractivity contribution in [1.29, 1.82) is 0 Å². The van der Waals surface area contributed by atoms with Gasteiger partial charge in [-0.2, -0.15) is 0 Å². The van der Waals surface area contributed by atoms with Crippen LogP contribution in [-0.2, 0) is 24.9 Å². The Balaban J connectivity index is 2.34. The van der Waals surface area contributed by atoms with E-state index in [1.165, 1.54) is 7.11 Å². The van der Waals surface area contributed by atoms with Gasteiger partial charge < -0.3 is 4.74 Å². The zero-order chi connectivity index (χ0) is 19.9. The lowest BCUT2D eigenvalue weighted by atomic mass is 9.89. The second-order valence-electron chi connectivity index (χ2n) is 6.20. The van der Waals surface area contributed by atoms with E-state index < -0.39 is 17.7 Å². The molecule has 0 aliphatic rings. The first-order valence-corrected chi connectivity index (χ1v) is 9.27. The zero-order valence-electron chi connectivity index (χ0n) is 15.9. The number of rotatable bonds is 9. The van der Waals surface area contributed by atoms with Gasteiger partial charge in [-0.15, -0.1) is 0 Å². The van der Waals surface area contributed by atoms with Crippen LogP contribution in [0.3, 0.4) is 0 Å². The van der Waals surface area contributed by atoms with Crippen LogP contribution in [0.2, 0.25) is 5.02 Å². The minimum atomic E-state index is -0.836. The molecule has 0 spiro atoms. The molecule has 2 aromatic rings. The number of benzene rings is 2. The van der Waals surface area contributed by atoms with Crippen molar-refractivity contribution in [3.05, 3.63) is 82.9 Å². The van der Waals surface area contributed by atoms with E-state index >= 15 is 0 Å². The third kappa shape index (κ3) is 4.98. The Morgan fingerprint density at radius 2 is 1.78 bits per heavy atom. The van der Waals surface area contributed by atoms with Gasteiger partial charge in [0.05, 0.1) is 12.7 Å². The van der Waals surface area contributed by atoms with E-state index in [2.05, 4.69) is 6.58 Å². The first-order chi connectivity index (χ1) is 13.0. The molecular weight excluding hydrogens is 364 g/mol. The number of carbonyl (C=O) groups excluding carboxylic acids is 1. The summed E-state index contributed by atoms with van der Waals surface area (Å²) >= 11 is 6.11. The summed E-state index contributed by atoms with van der Waals surface area (Å²) in [7, 11) is 1.30. The fourth-order valence-corrected chi connectivity index (χ4v) is 3.13. The largest absolute Gasteiger partial charge is 0.466 e. The van der Waals surface area contributed by atoms with Crippen molar-refractivity contribution in [3.63, 3.8) is 0 Å². The molecule has 2 rings (SSSR count). The molecule has 0 aliphatic heterocycles. The van der Waals surface area contributed by atoms with Gasteiger partial charge in [0.2, 0.25) is 0 Å². The predicted octanol–water partition coefficient (Wildman–Crippen LogP) is 5.77. The van der Waals surface area contributed by atoms with Crippen LogP contribution in [0.25, 0.3) is 0 Å². The van der Waals surface area contributed by atoms with Crippen LogP contribution < -0.4 is 0 Å². The average Bonchev–Trinajstić information content (AvgIpc) is 2.71. The van der Waals surface area contributed by atoms with E-state index in [4.69, 9.17) is 26.1 Å². The van der Waals surface area contributed by atoms with Crippen molar-refractivity contribution in [3.8, 4) is 0 Å². The molecule has 144 valence electrons. The summed E-state index contributed by atoms with van der Waals surface area (Å²) in [5.74, 6) is -0.568. The zero-order valence-corrected chi connectivity index (χ0v) is 16.7. The van der Waals surface area contributed by atoms with E-state index in [1.807, 2.05) is 44.2 Å². The van der Waals surface area contributed by atoms with Crippen molar-refractivity contribution in [2.45, 2.75) is 38.4 Å². The number of hydrogen-bond donors (Lipinski definition) is 0. The standard InChI is InChI=1S/C22H25ClO4/c1-5-22(6-2,18-12-8-7-9-13-18)27-26-20(16(3)21(24)25-4)17-11-10-14-19(23)15-17/h7-15,20H,3,5-6H2,1-2,4H3/t20-/m1/s1. The van der Waals surface area contributed by atoms with Crippen LogP contribution >= 0.6 is 11.6 Å². The van der Waals surface area contributed by atoms with Gasteiger partial charge in [0.25, 0.3) is 0 Å². The molecule has 0 saturated carbocycles. The molecule has 0 unspecified atom stereocenters. The smallest absolute Gasteiger partial charge is 0.336 e. The summed E-state index contributed by atoms with van der Waals surface area (Å²) in [6.07, 6.45) is 0.554. The maximum atomic E-state index is 12.1. The SMILES string of the molecule is C=C(C(=O)OC)[C@@H](OOC(CC)(CC)c1ccccc1)c1cccc(Cl)c1. The highest BCUT2D eigenvalue weighted by atomic mass is 35.5. The molecule has 0 radical (unpaired) electrons. The van der Waals surface area contributed by atoms with E-state index in [0.29, 0.717) is 23.4 Å². The minimum Gasteiger partial charge on any atom is -0.466 e. The first kappa shape index (κ1) is 21.2. The molecule has 5 heteroatoms. The summed E-state index contributed by atoms with van der Waals surface area (Å²) in [4.78, 5) is 23.8. The van der Waals surface area contributed by atoms with Gasteiger partial charge in [-0.3, -0.25) is 0 Å². The van der Waals surface area contributed by atoms with Crippen LogP contribution in [0.5, 0.6) is 0 Å². The average molecular weight is 389 g/mol. The van der Waals surface area contributed by atoms with Gasteiger partial charge in [-0.05, 0) is 36.1 Å². The molecule has 0 bridgehead atoms. The maximum Gasteiger partial charge on any atom is 0.336 e. The Morgan fingerprint density at radius 3 is 2.33 bits per heavy atom. The van der Waals surface area contributed by atoms with Gasteiger partial charge in [0, 0.05) is 5.02 Å². The lowest BCUT2D eigenvalue weighted by Gasteiger charge is -2.32. The van der Waals surface area contributed by atoms with E-state index in [-0.39, 0.29) is 5.57 Å². The molecule has 0 heterocycles. The second-order valence-corrected chi connectivity index (χ2v) is 6.64. The lowest BCUT2D eigenvalue weighted by molar-refractivity contribution is -0.388. The predicted molar refractivity (Wildman–Crippen MR) is 106 cm³/mol. The van der Waals surface area contributed by atoms with Crippen molar-refractivity contribution < 1.29 is 19.3 Å². The van der Waals surface area contributed by atoms with Crippen LogP contribution in [0.15, 0.2) is 66.7 Å². The molecule has 0 fully saturated rings. The fraction of sp³-hybridized carbons (Fsp3) is 0.318. The normalized spacial score (nSPS) is 12.4. The summed E-state index contributed by atoms with van der Waals surface area (Å²) in [6.45, 7) is 7.90. The minimum absolute atomic E-state index is 0.133. The Labute approximate surface area is 165 Å². The monoisotopic (exact) mass is 388 g/mol. The van der Waals surface area contributed by atoms with Crippen molar-refractivity contribution in [1.82, 2.24) is 0 Å². The van der Waals surface area contributed by atoms with Crippen molar-refractivity contribution >= 4 is 17.6 Å². The third-order valence-electron chi connectivity index (χ3n) is 4.66. The third-order valence-corrected chi connectivity index (χ3v) is 4.90. The molecule has 2 aromatic carbocycles. The molecule has 0 aliphatic carbocycles. The van der Waals surface area contributed by atoms with Crippen LogP contribution in [0.4, 0.5) is 0 Å². The van der Waals surface area contributed by atoms with Crippen molar-refractivity contribution in [2.24, 2.45) is 0 Å². The fourth-order valence-electron chi connectivity index (χ4n) is 2.93. The lowest BCUT2D eigenvalue weighted by Crippen LogP contribution is -2.30. The van der Waals surface area contributed by atoms with E-state index in [9.17, 15) is 4.79 Å². The molecule has 27 heavy (non-hydrogen) atoms. The topological polar surface area (TPSA) is 44.8 Å². The van der Waals surface area contributed by atoms with Crippen LogP contribution in [0, 0.1) is 0 Å². The Hall–Kier alpha value is -2.14. The molecule has 0 N–H and O–H groups in total. The van der Waals surface area contributed by atoms with Crippen LogP contribution in [0.1, 0.15) is 43.9 Å². The first-order valence-electron chi connectivity index (χ1n) is 8.90. The molecule has 0 amide bonds. The van der Waals surface area contributed by atoms with Gasteiger partial charge in [0.1, 0.15) is 11.7 Å². The van der Waals surface area contributed by atoms with E-state index in [1.54, 1.807) is 24.3 Å². The summed E-state index contributed by atoms with van der Waals surface area (Å²) in [6, 6.07) is 16.9. The molecule has 0 saturated heterocycles. The van der Waals surface area contributed by atoms with Crippen LogP contribution in [-0.4, -0.2) is 13.1 Å². The summed E-state index contributed by atoms with van der Waals surface area (Å²) in [5.41, 5.74) is 1.15.